The van der Waals surface area contributed by atoms with Crippen LogP contribution in [0.4, 0.5) is 0 Å². The molecule has 29 heavy (non-hydrogen) atoms. The number of hydrogen-bond acceptors (Lipinski definition) is 7. The van der Waals surface area contributed by atoms with Crippen LogP contribution in [0.25, 0.3) is 10.9 Å². The highest BCUT2D eigenvalue weighted by molar-refractivity contribution is 7.99. The average molecular weight is 409 g/mol. The van der Waals surface area contributed by atoms with Crippen LogP contribution in [-0.4, -0.2) is 38.1 Å². The number of nitrogens with zero attached hydrogens (tertiary/aromatic N) is 2. The molecule has 9 heteroatoms. The summed E-state index contributed by atoms with van der Waals surface area (Å²) in [5.74, 6) is -1.42. The zero-order valence-electron chi connectivity index (χ0n) is 15.2. The maximum absolute atomic E-state index is 12.4. The van der Waals surface area contributed by atoms with Gasteiger partial charge in [-0.05, 0) is 31.2 Å². The van der Waals surface area contributed by atoms with Gasteiger partial charge in [0.05, 0.1) is 27.8 Å². The van der Waals surface area contributed by atoms with E-state index in [2.05, 4.69) is 9.97 Å². The highest BCUT2D eigenvalue weighted by Crippen LogP contribution is 2.24. The van der Waals surface area contributed by atoms with E-state index >= 15 is 0 Å². The fraction of sp³-hybridized carbons (Fsp3) is 0.150. The first kappa shape index (κ1) is 18.9. The van der Waals surface area contributed by atoms with Crippen molar-refractivity contribution in [3.05, 3.63) is 75.8 Å². The highest BCUT2D eigenvalue weighted by atomic mass is 32.2. The number of amides is 2. The third-order valence-electron chi connectivity index (χ3n) is 4.40. The molecule has 0 spiro atoms. The second-order valence-corrected chi connectivity index (χ2v) is 7.67. The molecule has 1 atom stereocenters. The minimum absolute atomic E-state index is 0.198. The molecule has 2 amide bonds. The molecule has 1 aliphatic rings. The van der Waals surface area contributed by atoms with Gasteiger partial charge in [0.1, 0.15) is 11.1 Å². The van der Waals surface area contributed by atoms with E-state index in [4.69, 9.17) is 4.84 Å². The molecule has 2 aromatic carbocycles. The molecule has 1 unspecified atom stereocenters. The van der Waals surface area contributed by atoms with Crippen molar-refractivity contribution in [3.63, 3.8) is 0 Å². The highest BCUT2D eigenvalue weighted by Gasteiger charge is 2.39. The number of aromatic nitrogens is 2. The lowest BCUT2D eigenvalue weighted by Crippen LogP contribution is -2.35. The van der Waals surface area contributed by atoms with Crippen LogP contribution in [0, 0.1) is 0 Å². The van der Waals surface area contributed by atoms with Gasteiger partial charge in [-0.15, -0.1) is 11.8 Å². The number of rotatable bonds is 5. The lowest BCUT2D eigenvalue weighted by molar-refractivity contribution is -0.167. The van der Waals surface area contributed by atoms with Crippen molar-refractivity contribution in [3.8, 4) is 0 Å². The fourth-order valence-corrected chi connectivity index (χ4v) is 3.61. The SMILES string of the molecule is CC(SCc1nc2ccccc2c(=O)[nH]1)C(=O)ON1C(=O)c2ccccc2C1=O. The summed E-state index contributed by atoms with van der Waals surface area (Å²) in [6.07, 6.45) is 0. The number of carbonyl (C=O) groups excluding carboxylic acids is 3. The molecule has 2 heterocycles. The molecule has 0 radical (unpaired) electrons. The predicted octanol–water partition coefficient (Wildman–Crippen LogP) is 2.30. The molecule has 3 aromatic rings. The van der Waals surface area contributed by atoms with Crippen LogP contribution in [0.3, 0.4) is 0 Å². The van der Waals surface area contributed by atoms with Gasteiger partial charge in [0.25, 0.3) is 17.4 Å². The Morgan fingerprint density at radius 1 is 1.07 bits per heavy atom. The molecular weight excluding hydrogens is 394 g/mol. The molecule has 1 N–H and O–H groups in total. The van der Waals surface area contributed by atoms with E-state index < -0.39 is 23.0 Å². The molecule has 0 bridgehead atoms. The first-order valence-electron chi connectivity index (χ1n) is 8.75. The van der Waals surface area contributed by atoms with Crippen LogP contribution < -0.4 is 5.56 Å². The zero-order valence-corrected chi connectivity index (χ0v) is 16.1. The van der Waals surface area contributed by atoms with Gasteiger partial charge >= 0.3 is 5.97 Å². The van der Waals surface area contributed by atoms with E-state index in [-0.39, 0.29) is 22.4 Å². The molecule has 1 aliphatic heterocycles. The van der Waals surface area contributed by atoms with Crippen LogP contribution in [0.1, 0.15) is 33.5 Å². The summed E-state index contributed by atoms with van der Waals surface area (Å²) in [5.41, 5.74) is 0.702. The molecule has 0 aliphatic carbocycles. The van der Waals surface area contributed by atoms with Crippen molar-refractivity contribution in [2.24, 2.45) is 0 Å². The summed E-state index contributed by atoms with van der Waals surface area (Å²) in [7, 11) is 0. The topological polar surface area (TPSA) is 109 Å². The second-order valence-electron chi connectivity index (χ2n) is 6.34. The summed E-state index contributed by atoms with van der Waals surface area (Å²) in [5, 5.41) is 0.274. The second kappa shape index (κ2) is 7.51. The summed E-state index contributed by atoms with van der Waals surface area (Å²) in [6.45, 7) is 1.59. The lowest BCUT2D eigenvalue weighted by atomic mass is 10.1. The standard InChI is InChI=1S/C20H15N3O5S/c1-11(29-10-16-21-15-9-5-4-8-14(15)17(24)22-16)20(27)28-23-18(25)12-6-2-3-7-13(12)19(23)26/h2-9,11H,10H2,1H3,(H,21,22,24). The Kier molecular flexibility index (Phi) is 4.89. The Balaban J connectivity index is 1.41. The van der Waals surface area contributed by atoms with Crippen LogP contribution in [0.5, 0.6) is 0 Å². The van der Waals surface area contributed by atoms with Gasteiger partial charge in [-0.3, -0.25) is 14.4 Å². The number of thioether (sulfide) groups is 1. The molecule has 146 valence electrons. The van der Waals surface area contributed by atoms with E-state index in [1.807, 2.05) is 0 Å². The fourth-order valence-electron chi connectivity index (χ4n) is 2.89. The van der Waals surface area contributed by atoms with Crippen molar-refractivity contribution < 1.29 is 19.2 Å². The van der Waals surface area contributed by atoms with Crippen LogP contribution in [-0.2, 0) is 15.4 Å². The first-order chi connectivity index (χ1) is 14.0. The van der Waals surface area contributed by atoms with Gasteiger partial charge in [-0.1, -0.05) is 29.3 Å². The van der Waals surface area contributed by atoms with Gasteiger partial charge in [0, 0.05) is 0 Å². The van der Waals surface area contributed by atoms with E-state index in [1.54, 1.807) is 43.3 Å². The smallest absolute Gasteiger partial charge is 0.328 e. The molecule has 4 rings (SSSR count). The van der Waals surface area contributed by atoms with Crippen molar-refractivity contribution in [1.29, 1.82) is 0 Å². The van der Waals surface area contributed by atoms with E-state index in [0.29, 0.717) is 21.8 Å². The third kappa shape index (κ3) is 3.52. The Morgan fingerprint density at radius 3 is 2.38 bits per heavy atom. The number of carbonyl (C=O) groups is 3. The van der Waals surface area contributed by atoms with Gasteiger partial charge in [-0.2, -0.15) is 0 Å². The molecule has 0 saturated heterocycles. The molecular formula is C20H15N3O5S. The van der Waals surface area contributed by atoms with Gasteiger partial charge in [0.2, 0.25) is 0 Å². The number of hydrogen-bond donors (Lipinski definition) is 1. The summed E-state index contributed by atoms with van der Waals surface area (Å²) in [6, 6.07) is 13.2. The monoisotopic (exact) mass is 409 g/mol. The normalized spacial score (nSPS) is 14.2. The third-order valence-corrected chi connectivity index (χ3v) is 5.53. The molecule has 0 fully saturated rings. The van der Waals surface area contributed by atoms with E-state index in [0.717, 1.165) is 0 Å². The van der Waals surface area contributed by atoms with Crippen LogP contribution >= 0.6 is 11.8 Å². The average Bonchev–Trinajstić information content (AvgIpc) is 2.97. The zero-order chi connectivity index (χ0) is 20.5. The number of H-pyrrole nitrogens is 1. The first-order valence-corrected chi connectivity index (χ1v) is 9.80. The van der Waals surface area contributed by atoms with Crippen molar-refractivity contribution in [2.75, 3.05) is 0 Å². The minimum Gasteiger partial charge on any atom is -0.328 e. The number of para-hydroxylation sites is 1. The lowest BCUT2D eigenvalue weighted by Gasteiger charge is -2.16. The van der Waals surface area contributed by atoms with Crippen molar-refractivity contribution in [2.45, 2.75) is 17.9 Å². The molecule has 8 nitrogen and oxygen atoms in total. The Hall–Kier alpha value is -3.46. The number of aromatic amines is 1. The van der Waals surface area contributed by atoms with E-state index in [9.17, 15) is 19.2 Å². The summed E-state index contributed by atoms with van der Waals surface area (Å²) >= 11 is 1.17. The van der Waals surface area contributed by atoms with Crippen LogP contribution in [0.15, 0.2) is 53.3 Å². The molecule has 0 saturated carbocycles. The largest absolute Gasteiger partial charge is 0.345 e. The number of nitrogens with one attached hydrogen (secondary N) is 1. The van der Waals surface area contributed by atoms with Crippen molar-refractivity contribution in [1.82, 2.24) is 15.0 Å². The summed E-state index contributed by atoms with van der Waals surface area (Å²) in [4.78, 5) is 61.1. The maximum atomic E-state index is 12.4. The number of imide groups is 1. The van der Waals surface area contributed by atoms with Gasteiger partial charge in [0.15, 0.2) is 0 Å². The number of hydroxylamine groups is 2. The van der Waals surface area contributed by atoms with Gasteiger partial charge in [-0.25, -0.2) is 9.78 Å². The Morgan fingerprint density at radius 2 is 1.69 bits per heavy atom. The Labute approximate surface area is 168 Å². The van der Waals surface area contributed by atoms with Crippen molar-refractivity contribution >= 4 is 40.4 Å². The maximum Gasteiger partial charge on any atom is 0.345 e. The summed E-state index contributed by atoms with van der Waals surface area (Å²) < 4.78 is 0. The quantitative estimate of drug-likeness (QED) is 0.644. The molecule has 1 aromatic heterocycles. The predicted molar refractivity (Wildman–Crippen MR) is 106 cm³/mol. The van der Waals surface area contributed by atoms with Crippen LogP contribution in [0.2, 0.25) is 0 Å². The van der Waals surface area contributed by atoms with E-state index in [1.165, 1.54) is 23.9 Å². The number of benzene rings is 2. The number of fused-ring (bicyclic) bond motifs is 2. The minimum atomic E-state index is -0.743. The Bertz CT molecular complexity index is 1170. The van der Waals surface area contributed by atoms with Gasteiger partial charge < -0.3 is 9.82 Å².